The molecule has 1 amide bonds. The van der Waals surface area contributed by atoms with E-state index >= 15 is 0 Å². The first-order chi connectivity index (χ1) is 11.9. The molecule has 1 saturated carbocycles. The Labute approximate surface area is 154 Å². The van der Waals surface area contributed by atoms with Crippen LogP contribution in [0.3, 0.4) is 0 Å². The molecule has 1 aliphatic rings. The van der Waals surface area contributed by atoms with Gasteiger partial charge in [0.05, 0.1) is 20.9 Å². The van der Waals surface area contributed by atoms with Gasteiger partial charge in [-0.1, -0.05) is 38.5 Å². The molecule has 0 bridgehead atoms. The fourth-order valence-corrected chi connectivity index (χ4v) is 5.14. The van der Waals surface area contributed by atoms with Crippen LogP contribution in [0, 0.1) is 22.0 Å². The molecule has 3 rings (SSSR count). The van der Waals surface area contributed by atoms with Crippen LogP contribution in [0.25, 0.3) is 10.2 Å². The van der Waals surface area contributed by atoms with Crippen LogP contribution < -0.4 is 5.32 Å². The molecular formula is C17H21N3O3S2. The minimum absolute atomic E-state index is 0.0289. The minimum atomic E-state index is -0.411. The Morgan fingerprint density at radius 2 is 2.24 bits per heavy atom. The molecular weight excluding hydrogens is 358 g/mol. The average Bonchev–Trinajstić information content (AvgIpc) is 2.99. The number of nitrogens with zero attached hydrogens (tertiary/aromatic N) is 2. The maximum atomic E-state index is 12.3. The summed E-state index contributed by atoms with van der Waals surface area (Å²) in [5, 5.41) is 14.0. The summed E-state index contributed by atoms with van der Waals surface area (Å²) in [4.78, 5) is 27.1. The Morgan fingerprint density at radius 1 is 1.44 bits per heavy atom. The second-order valence-electron chi connectivity index (χ2n) is 6.62. The molecule has 0 radical (unpaired) electrons. The number of aromatic nitrogens is 1. The largest absolute Gasteiger partial charge is 0.352 e. The molecule has 1 aromatic heterocycles. The van der Waals surface area contributed by atoms with Gasteiger partial charge in [-0.05, 0) is 24.3 Å². The lowest BCUT2D eigenvalue weighted by atomic mass is 9.78. The van der Waals surface area contributed by atoms with Crippen LogP contribution in [0.4, 0.5) is 5.69 Å². The van der Waals surface area contributed by atoms with E-state index in [1.807, 2.05) is 0 Å². The third kappa shape index (κ3) is 4.30. The number of thioether (sulfide) groups is 1. The van der Waals surface area contributed by atoms with Crippen LogP contribution in [-0.2, 0) is 4.79 Å². The zero-order valence-electron chi connectivity index (χ0n) is 14.2. The average molecular weight is 380 g/mol. The SMILES string of the molecule is C[C@@H]1[C@H](C)CCC[C@H]1NC(=O)CSc1nc2ccc([N+](=O)[O-])cc2s1. The number of fused-ring (bicyclic) bond motifs is 1. The van der Waals surface area contributed by atoms with Crippen molar-refractivity contribution in [2.75, 3.05) is 5.75 Å². The lowest BCUT2D eigenvalue weighted by molar-refractivity contribution is -0.384. The third-order valence-corrected chi connectivity index (χ3v) is 7.10. The van der Waals surface area contributed by atoms with E-state index in [1.165, 1.54) is 48.1 Å². The summed E-state index contributed by atoms with van der Waals surface area (Å²) in [6, 6.07) is 4.89. The smallest absolute Gasteiger partial charge is 0.270 e. The van der Waals surface area contributed by atoms with Crippen LogP contribution in [0.5, 0.6) is 0 Å². The molecule has 134 valence electrons. The number of nitro groups is 1. The lowest BCUT2D eigenvalue weighted by Gasteiger charge is -2.34. The highest BCUT2D eigenvalue weighted by Gasteiger charge is 2.28. The molecule has 1 aliphatic carbocycles. The van der Waals surface area contributed by atoms with Gasteiger partial charge in [0.2, 0.25) is 5.91 Å². The molecule has 8 heteroatoms. The molecule has 0 saturated heterocycles. The van der Waals surface area contributed by atoms with Gasteiger partial charge in [-0.3, -0.25) is 14.9 Å². The van der Waals surface area contributed by atoms with E-state index in [0.717, 1.165) is 21.0 Å². The second kappa shape index (κ2) is 7.70. The number of hydrogen-bond donors (Lipinski definition) is 1. The molecule has 3 atom stereocenters. The Kier molecular flexibility index (Phi) is 5.58. The van der Waals surface area contributed by atoms with E-state index in [0.29, 0.717) is 17.6 Å². The summed E-state index contributed by atoms with van der Waals surface area (Å²) in [5.41, 5.74) is 0.791. The molecule has 1 aromatic carbocycles. The van der Waals surface area contributed by atoms with Gasteiger partial charge in [0.15, 0.2) is 4.34 Å². The number of amides is 1. The first-order valence-corrected chi connectivity index (χ1v) is 10.2. The Bertz CT molecular complexity index is 793. The summed E-state index contributed by atoms with van der Waals surface area (Å²) in [6.07, 6.45) is 3.45. The number of carbonyl (C=O) groups is 1. The fraction of sp³-hybridized carbons (Fsp3) is 0.529. The van der Waals surface area contributed by atoms with Crippen molar-refractivity contribution in [3.05, 3.63) is 28.3 Å². The highest BCUT2D eigenvalue weighted by Crippen LogP contribution is 2.32. The summed E-state index contributed by atoms with van der Waals surface area (Å²) in [6.45, 7) is 4.46. The minimum Gasteiger partial charge on any atom is -0.352 e. The number of benzene rings is 1. The number of non-ortho nitro benzene ring substituents is 1. The maximum absolute atomic E-state index is 12.3. The zero-order chi connectivity index (χ0) is 18.0. The number of rotatable bonds is 5. The maximum Gasteiger partial charge on any atom is 0.270 e. The van der Waals surface area contributed by atoms with Gasteiger partial charge in [0.1, 0.15) is 0 Å². The number of nitro benzene ring substituents is 1. The van der Waals surface area contributed by atoms with Gasteiger partial charge in [0.25, 0.3) is 5.69 Å². The van der Waals surface area contributed by atoms with Crippen LogP contribution in [0.2, 0.25) is 0 Å². The second-order valence-corrected chi connectivity index (χ2v) is 8.87. The van der Waals surface area contributed by atoms with Crippen LogP contribution in [0.1, 0.15) is 33.1 Å². The topological polar surface area (TPSA) is 85.1 Å². The van der Waals surface area contributed by atoms with Crippen LogP contribution >= 0.6 is 23.1 Å². The van der Waals surface area contributed by atoms with Crippen molar-refractivity contribution in [3.63, 3.8) is 0 Å². The normalized spacial score (nSPS) is 23.5. The lowest BCUT2D eigenvalue weighted by Crippen LogP contribution is -2.44. The standard InChI is InChI=1S/C17H21N3O3S2/c1-10-4-3-5-13(11(10)2)18-16(21)9-24-17-19-14-7-6-12(20(22)23)8-15(14)25-17/h6-8,10-11,13H,3-5,9H2,1-2H3,(H,18,21)/t10-,11-,13-/m1/s1. The molecule has 0 spiro atoms. The van der Waals surface area contributed by atoms with Gasteiger partial charge in [-0.25, -0.2) is 4.98 Å². The number of carbonyl (C=O) groups excluding carboxylic acids is 1. The highest BCUT2D eigenvalue weighted by molar-refractivity contribution is 8.01. The van der Waals surface area contributed by atoms with E-state index in [9.17, 15) is 14.9 Å². The van der Waals surface area contributed by atoms with Crippen molar-refractivity contribution in [3.8, 4) is 0 Å². The van der Waals surface area contributed by atoms with Crippen molar-refractivity contribution >= 4 is 44.9 Å². The monoisotopic (exact) mass is 379 g/mol. The third-order valence-electron chi connectivity index (χ3n) is 4.94. The van der Waals surface area contributed by atoms with E-state index in [4.69, 9.17) is 0 Å². The van der Waals surface area contributed by atoms with Crippen LogP contribution in [0.15, 0.2) is 22.5 Å². The van der Waals surface area contributed by atoms with Gasteiger partial charge in [-0.2, -0.15) is 0 Å². The number of nitrogens with one attached hydrogen (secondary N) is 1. The van der Waals surface area contributed by atoms with Gasteiger partial charge in [0, 0.05) is 18.2 Å². The molecule has 0 unspecified atom stereocenters. The summed E-state index contributed by atoms with van der Waals surface area (Å²) >= 11 is 2.77. The van der Waals surface area contributed by atoms with E-state index in [-0.39, 0.29) is 17.6 Å². The number of hydrogen-bond acceptors (Lipinski definition) is 6. The van der Waals surface area contributed by atoms with Crippen molar-refractivity contribution in [1.82, 2.24) is 10.3 Å². The molecule has 1 heterocycles. The van der Waals surface area contributed by atoms with Gasteiger partial charge >= 0.3 is 0 Å². The Hall–Kier alpha value is -1.67. The van der Waals surface area contributed by atoms with Crippen molar-refractivity contribution < 1.29 is 9.72 Å². The molecule has 6 nitrogen and oxygen atoms in total. The summed E-state index contributed by atoms with van der Waals surface area (Å²) in [7, 11) is 0. The van der Waals surface area contributed by atoms with Crippen molar-refractivity contribution in [2.24, 2.45) is 11.8 Å². The van der Waals surface area contributed by atoms with Crippen molar-refractivity contribution in [2.45, 2.75) is 43.5 Å². The van der Waals surface area contributed by atoms with Crippen LogP contribution in [-0.4, -0.2) is 27.6 Å². The fourth-order valence-electron chi connectivity index (χ4n) is 3.23. The molecule has 25 heavy (non-hydrogen) atoms. The number of thiazole rings is 1. The first-order valence-electron chi connectivity index (χ1n) is 8.41. The predicted molar refractivity (Wildman–Crippen MR) is 101 cm³/mol. The van der Waals surface area contributed by atoms with Gasteiger partial charge < -0.3 is 5.32 Å². The van der Waals surface area contributed by atoms with Crippen molar-refractivity contribution in [1.29, 1.82) is 0 Å². The first kappa shape index (κ1) is 18.1. The summed E-state index contributed by atoms with van der Waals surface area (Å²) in [5.74, 6) is 1.50. The van der Waals surface area contributed by atoms with E-state index < -0.39 is 4.92 Å². The summed E-state index contributed by atoms with van der Waals surface area (Å²) < 4.78 is 1.53. The van der Waals surface area contributed by atoms with E-state index in [1.54, 1.807) is 6.07 Å². The molecule has 1 fully saturated rings. The molecule has 0 aliphatic heterocycles. The van der Waals surface area contributed by atoms with Gasteiger partial charge in [-0.15, -0.1) is 11.3 Å². The quantitative estimate of drug-likeness (QED) is 0.477. The molecule has 1 N–H and O–H groups in total. The predicted octanol–water partition coefficient (Wildman–Crippen LogP) is 4.24. The Balaban J connectivity index is 1.58. The highest BCUT2D eigenvalue weighted by atomic mass is 32.2. The zero-order valence-corrected chi connectivity index (χ0v) is 15.9. The van der Waals surface area contributed by atoms with E-state index in [2.05, 4.69) is 24.1 Å². The molecule has 2 aromatic rings. The Morgan fingerprint density at radius 3 is 3.00 bits per heavy atom.